The molecular weight excluding hydrogens is 370 g/mol. The fraction of sp³-hybridized carbons (Fsp3) is 0.300. The summed E-state index contributed by atoms with van der Waals surface area (Å²) in [7, 11) is 1.30. The highest BCUT2D eigenvalue weighted by Gasteiger charge is 2.19. The molecule has 0 aliphatic rings. The average Bonchev–Trinajstić information content (AvgIpc) is 2.67. The minimum atomic E-state index is -0.548. The van der Waals surface area contributed by atoms with Gasteiger partial charge in [-0.25, -0.2) is 0 Å². The Hall–Kier alpha value is -2.73. The first-order valence-corrected chi connectivity index (χ1v) is 8.87. The van der Waals surface area contributed by atoms with Crippen LogP contribution in [0.5, 0.6) is 11.5 Å². The third-order valence-corrected chi connectivity index (χ3v) is 3.97. The van der Waals surface area contributed by atoms with E-state index in [4.69, 9.17) is 25.8 Å². The molecule has 1 N–H and O–H groups in total. The number of nitrogens with one attached hydrogen (secondary N) is 1. The van der Waals surface area contributed by atoms with Gasteiger partial charge in [-0.2, -0.15) is 0 Å². The van der Waals surface area contributed by atoms with Gasteiger partial charge >= 0.3 is 5.97 Å². The number of ether oxygens (including phenoxy) is 3. The van der Waals surface area contributed by atoms with Crippen molar-refractivity contribution in [1.29, 1.82) is 0 Å². The molecular formula is C20H22ClNO5. The number of hydrogen-bond acceptors (Lipinski definition) is 5. The number of para-hydroxylation sites is 2. The highest BCUT2D eigenvalue weighted by atomic mass is 35.5. The van der Waals surface area contributed by atoms with E-state index in [9.17, 15) is 9.59 Å². The zero-order valence-corrected chi connectivity index (χ0v) is 16.0. The van der Waals surface area contributed by atoms with E-state index >= 15 is 0 Å². The van der Waals surface area contributed by atoms with Crippen molar-refractivity contribution in [3.05, 3.63) is 59.1 Å². The standard InChI is InChI=1S/C20H22ClNO5/c1-3-26-17-6-4-5-7-18(17)27-13-19(23)22-16(12-20(24)25-2)14-8-10-15(21)11-9-14/h4-11,16H,3,12-13H2,1-2H3,(H,22,23). The normalized spacial score (nSPS) is 11.4. The molecule has 0 aromatic heterocycles. The molecule has 2 rings (SSSR count). The number of methoxy groups -OCH3 is 1. The van der Waals surface area contributed by atoms with E-state index in [-0.39, 0.29) is 18.9 Å². The number of carbonyl (C=O) groups excluding carboxylic acids is 2. The Balaban J connectivity index is 2.03. The zero-order valence-electron chi connectivity index (χ0n) is 15.2. The lowest BCUT2D eigenvalue weighted by molar-refractivity contribution is -0.141. The van der Waals surface area contributed by atoms with Crippen molar-refractivity contribution in [3.8, 4) is 11.5 Å². The first-order chi connectivity index (χ1) is 13.0. The number of amides is 1. The Morgan fingerprint density at radius 3 is 2.26 bits per heavy atom. The maximum absolute atomic E-state index is 12.4. The average molecular weight is 392 g/mol. The van der Waals surface area contributed by atoms with Crippen LogP contribution < -0.4 is 14.8 Å². The molecule has 0 radical (unpaired) electrons. The van der Waals surface area contributed by atoms with Crippen LogP contribution in [0, 0.1) is 0 Å². The molecule has 27 heavy (non-hydrogen) atoms. The van der Waals surface area contributed by atoms with Crippen LogP contribution in [0.15, 0.2) is 48.5 Å². The van der Waals surface area contributed by atoms with E-state index < -0.39 is 12.0 Å². The number of esters is 1. The Kier molecular flexibility index (Phi) is 7.95. The fourth-order valence-electron chi connectivity index (χ4n) is 2.42. The number of rotatable bonds is 9. The van der Waals surface area contributed by atoms with E-state index in [0.717, 1.165) is 5.56 Å². The second-order valence-electron chi connectivity index (χ2n) is 5.62. The van der Waals surface area contributed by atoms with Gasteiger partial charge in [0.25, 0.3) is 5.91 Å². The minimum Gasteiger partial charge on any atom is -0.490 e. The van der Waals surface area contributed by atoms with Gasteiger partial charge in [0.15, 0.2) is 18.1 Å². The molecule has 7 heteroatoms. The van der Waals surface area contributed by atoms with Gasteiger partial charge in [-0.3, -0.25) is 9.59 Å². The van der Waals surface area contributed by atoms with Gasteiger partial charge in [-0.05, 0) is 36.8 Å². The van der Waals surface area contributed by atoms with Crippen molar-refractivity contribution in [2.45, 2.75) is 19.4 Å². The lowest BCUT2D eigenvalue weighted by Crippen LogP contribution is -2.34. The molecule has 0 saturated carbocycles. The molecule has 0 fully saturated rings. The number of carbonyl (C=O) groups is 2. The third kappa shape index (κ3) is 6.49. The van der Waals surface area contributed by atoms with Crippen molar-refractivity contribution in [1.82, 2.24) is 5.32 Å². The van der Waals surface area contributed by atoms with Gasteiger partial charge in [0.05, 0.1) is 26.2 Å². The summed E-state index contributed by atoms with van der Waals surface area (Å²) in [6.45, 7) is 2.15. The predicted octanol–water partition coefficient (Wildman–Crippen LogP) is 3.54. The van der Waals surface area contributed by atoms with Crippen molar-refractivity contribution >= 4 is 23.5 Å². The van der Waals surface area contributed by atoms with E-state index in [1.165, 1.54) is 7.11 Å². The summed E-state index contributed by atoms with van der Waals surface area (Å²) in [5, 5.41) is 3.36. The summed E-state index contributed by atoms with van der Waals surface area (Å²) in [5.74, 6) is 0.241. The highest BCUT2D eigenvalue weighted by Crippen LogP contribution is 2.26. The van der Waals surface area contributed by atoms with E-state index in [2.05, 4.69) is 5.32 Å². The molecule has 0 aliphatic carbocycles. The van der Waals surface area contributed by atoms with Crippen LogP contribution in [0.1, 0.15) is 24.9 Å². The van der Waals surface area contributed by atoms with E-state index in [1.54, 1.807) is 42.5 Å². The predicted molar refractivity (Wildman–Crippen MR) is 102 cm³/mol. The van der Waals surface area contributed by atoms with Gasteiger partial charge in [0.2, 0.25) is 0 Å². The molecule has 1 unspecified atom stereocenters. The molecule has 6 nitrogen and oxygen atoms in total. The third-order valence-electron chi connectivity index (χ3n) is 3.71. The molecule has 1 amide bonds. The topological polar surface area (TPSA) is 73.9 Å². The molecule has 0 spiro atoms. The van der Waals surface area contributed by atoms with Crippen molar-refractivity contribution in [2.24, 2.45) is 0 Å². The minimum absolute atomic E-state index is 0.000590. The molecule has 0 heterocycles. The van der Waals surface area contributed by atoms with Crippen molar-refractivity contribution in [3.63, 3.8) is 0 Å². The smallest absolute Gasteiger partial charge is 0.307 e. The quantitative estimate of drug-likeness (QED) is 0.662. The summed E-state index contributed by atoms with van der Waals surface area (Å²) >= 11 is 5.90. The number of benzene rings is 2. The van der Waals surface area contributed by atoms with E-state index in [0.29, 0.717) is 23.1 Å². The van der Waals surface area contributed by atoms with Gasteiger partial charge in [-0.1, -0.05) is 35.9 Å². The van der Waals surface area contributed by atoms with Crippen LogP contribution >= 0.6 is 11.6 Å². The second-order valence-corrected chi connectivity index (χ2v) is 6.06. The van der Waals surface area contributed by atoms with Crippen molar-refractivity contribution in [2.75, 3.05) is 20.3 Å². The molecule has 1 atom stereocenters. The Labute approximate surface area is 163 Å². The first-order valence-electron chi connectivity index (χ1n) is 8.49. The summed E-state index contributed by atoms with van der Waals surface area (Å²) in [6.07, 6.45) is -0.000590. The molecule has 0 bridgehead atoms. The lowest BCUT2D eigenvalue weighted by atomic mass is 10.0. The van der Waals surface area contributed by atoms with Crippen LogP contribution in [0.25, 0.3) is 0 Å². The first kappa shape index (κ1) is 20.6. The summed E-state index contributed by atoms with van der Waals surface area (Å²) in [5.41, 5.74) is 0.743. The summed E-state index contributed by atoms with van der Waals surface area (Å²) < 4.78 is 15.7. The SMILES string of the molecule is CCOc1ccccc1OCC(=O)NC(CC(=O)OC)c1ccc(Cl)cc1. The Bertz CT molecular complexity index is 763. The van der Waals surface area contributed by atoms with Gasteiger partial charge in [-0.15, -0.1) is 0 Å². The fourth-order valence-corrected chi connectivity index (χ4v) is 2.55. The highest BCUT2D eigenvalue weighted by molar-refractivity contribution is 6.30. The Morgan fingerprint density at radius 2 is 1.67 bits per heavy atom. The van der Waals surface area contributed by atoms with Crippen LogP contribution in [-0.4, -0.2) is 32.2 Å². The maximum atomic E-state index is 12.4. The number of halogens is 1. The van der Waals surface area contributed by atoms with Gasteiger partial charge in [0, 0.05) is 5.02 Å². The Morgan fingerprint density at radius 1 is 1.04 bits per heavy atom. The van der Waals surface area contributed by atoms with Crippen LogP contribution in [-0.2, 0) is 14.3 Å². The number of hydrogen-bond donors (Lipinski definition) is 1. The lowest BCUT2D eigenvalue weighted by Gasteiger charge is -2.19. The van der Waals surface area contributed by atoms with E-state index in [1.807, 2.05) is 13.0 Å². The largest absolute Gasteiger partial charge is 0.490 e. The molecule has 2 aromatic carbocycles. The molecule has 2 aromatic rings. The molecule has 0 aliphatic heterocycles. The zero-order chi connectivity index (χ0) is 19.6. The molecule has 144 valence electrons. The molecule has 0 saturated heterocycles. The van der Waals surface area contributed by atoms with Crippen LogP contribution in [0.3, 0.4) is 0 Å². The van der Waals surface area contributed by atoms with Gasteiger partial charge < -0.3 is 19.5 Å². The summed E-state index contributed by atoms with van der Waals surface area (Å²) in [6, 6.07) is 13.5. The second kappa shape index (κ2) is 10.4. The van der Waals surface area contributed by atoms with Crippen molar-refractivity contribution < 1.29 is 23.8 Å². The van der Waals surface area contributed by atoms with Gasteiger partial charge in [0.1, 0.15) is 0 Å². The van der Waals surface area contributed by atoms with Crippen LogP contribution in [0.2, 0.25) is 5.02 Å². The maximum Gasteiger partial charge on any atom is 0.307 e. The monoisotopic (exact) mass is 391 g/mol. The summed E-state index contributed by atoms with van der Waals surface area (Å²) in [4.78, 5) is 24.0. The van der Waals surface area contributed by atoms with Crippen LogP contribution in [0.4, 0.5) is 0 Å².